The largest absolute Gasteiger partial charge is 0.467 e. The van der Waals surface area contributed by atoms with E-state index in [9.17, 15) is 8.42 Å². The van der Waals surface area contributed by atoms with Crippen LogP contribution in [0.1, 0.15) is 5.76 Å². The summed E-state index contributed by atoms with van der Waals surface area (Å²) in [7, 11) is -3.18. The Hall–Kier alpha value is -2.60. The highest BCUT2D eigenvalue weighted by Crippen LogP contribution is 2.23. The standard InChI is InChI=1S/C17H16N2O3S/c1-23(20,21)16-6-4-13(5-7-16)14-8-9-18-17(11-14)19-12-15-3-2-10-22-15/h2-11H,12H2,1H3,(H,18,19). The van der Waals surface area contributed by atoms with Crippen molar-refractivity contribution in [3.63, 3.8) is 0 Å². The first-order valence-corrected chi connectivity index (χ1v) is 8.94. The van der Waals surface area contributed by atoms with Crippen LogP contribution in [0.4, 0.5) is 5.82 Å². The fourth-order valence-corrected chi connectivity index (χ4v) is 2.82. The van der Waals surface area contributed by atoms with Crippen LogP contribution in [0.15, 0.2) is 70.3 Å². The Morgan fingerprint density at radius 2 is 1.87 bits per heavy atom. The minimum Gasteiger partial charge on any atom is -0.467 e. The summed E-state index contributed by atoms with van der Waals surface area (Å²) in [6.07, 6.45) is 4.54. The van der Waals surface area contributed by atoms with Gasteiger partial charge in [-0.15, -0.1) is 0 Å². The molecule has 23 heavy (non-hydrogen) atoms. The van der Waals surface area contributed by atoms with E-state index in [0.29, 0.717) is 11.4 Å². The van der Waals surface area contributed by atoms with Crippen LogP contribution in [0.3, 0.4) is 0 Å². The Bertz CT molecular complexity index is 886. The Morgan fingerprint density at radius 3 is 2.52 bits per heavy atom. The quantitative estimate of drug-likeness (QED) is 0.777. The van der Waals surface area contributed by atoms with Gasteiger partial charge in [0.15, 0.2) is 9.84 Å². The molecule has 0 aliphatic carbocycles. The van der Waals surface area contributed by atoms with Crippen molar-refractivity contribution in [1.82, 2.24) is 4.98 Å². The average molecular weight is 328 g/mol. The van der Waals surface area contributed by atoms with Gasteiger partial charge in [-0.1, -0.05) is 12.1 Å². The van der Waals surface area contributed by atoms with Gasteiger partial charge in [0.25, 0.3) is 0 Å². The third-order valence-electron chi connectivity index (χ3n) is 3.40. The van der Waals surface area contributed by atoms with Crippen molar-refractivity contribution in [2.75, 3.05) is 11.6 Å². The van der Waals surface area contributed by atoms with E-state index >= 15 is 0 Å². The van der Waals surface area contributed by atoms with E-state index in [1.807, 2.05) is 24.3 Å². The summed E-state index contributed by atoms with van der Waals surface area (Å²) in [5.74, 6) is 1.56. The predicted molar refractivity (Wildman–Crippen MR) is 88.8 cm³/mol. The number of furan rings is 1. The second-order valence-corrected chi connectivity index (χ2v) is 7.17. The van der Waals surface area contributed by atoms with Gasteiger partial charge >= 0.3 is 0 Å². The number of sulfone groups is 1. The van der Waals surface area contributed by atoms with Gasteiger partial charge in [-0.2, -0.15) is 0 Å². The molecule has 3 rings (SSSR count). The van der Waals surface area contributed by atoms with Crippen LogP contribution < -0.4 is 5.32 Å². The summed E-state index contributed by atoms with van der Waals surface area (Å²) in [6, 6.07) is 14.3. The summed E-state index contributed by atoms with van der Waals surface area (Å²) in [5, 5.41) is 3.19. The van der Waals surface area contributed by atoms with Crippen LogP contribution in [-0.2, 0) is 16.4 Å². The van der Waals surface area contributed by atoms with Gasteiger partial charge in [0.2, 0.25) is 0 Å². The van der Waals surface area contributed by atoms with Crippen LogP contribution in [0.2, 0.25) is 0 Å². The van der Waals surface area contributed by atoms with Gasteiger partial charge in [0.05, 0.1) is 17.7 Å². The van der Waals surface area contributed by atoms with Crippen LogP contribution in [-0.4, -0.2) is 19.7 Å². The Morgan fingerprint density at radius 1 is 1.09 bits per heavy atom. The van der Waals surface area contributed by atoms with Crippen molar-refractivity contribution in [2.24, 2.45) is 0 Å². The first-order valence-electron chi connectivity index (χ1n) is 7.05. The fourth-order valence-electron chi connectivity index (χ4n) is 2.19. The van der Waals surface area contributed by atoms with Crippen molar-refractivity contribution >= 4 is 15.7 Å². The molecule has 0 radical (unpaired) electrons. The number of benzene rings is 1. The maximum Gasteiger partial charge on any atom is 0.175 e. The normalized spacial score (nSPS) is 11.3. The Labute approximate surface area is 134 Å². The number of nitrogens with one attached hydrogen (secondary N) is 1. The monoisotopic (exact) mass is 328 g/mol. The van der Waals surface area contributed by atoms with E-state index in [2.05, 4.69) is 10.3 Å². The molecule has 2 heterocycles. The summed E-state index contributed by atoms with van der Waals surface area (Å²) in [4.78, 5) is 4.58. The van der Waals surface area contributed by atoms with Crippen molar-refractivity contribution in [3.05, 3.63) is 66.8 Å². The van der Waals surface area contributed by atoms with E-state index in [1.54, 1.807) is 36.7 Å². The lowest BCUT2D eigenvalue weighted by Crippen LogP contribution is -2.00. The summed E-state index contributed by atoms with van der Waals surface area (Å²) < 4.78 is 28.3. The molecular formula is C17H16N2O3S. The minimum atomic E-state index is -3.18. The van der Waals surface area contributed by atoms with Gasteiger partial charge < -0.3 is 9.73 Å². The molecule has 0 atom stereocenters. The van der Waals surface area contributed by atoms with E-state index in [-0.39, 0.29) is 0 Å². The van der Waals surface area contributed by atoms with Gasteiger partial charge in [-0.25, -0.2) is 13.4 Å². The molecule has 0 saturated heterocycles. The van der Waals surface area contributed by atoms with Gasteiger partial charge in [-0.05, 0) is 47.5 Å². The van der Waals surface area contributed by atoms with E-state index in [4.69, 9.17) is 4.42 Å². The zero-order chi connectivity index (χ0) is 16.3. The second kappa shape index (κ2) is 6.26. The van der Waals surface area contributed by atoms with Gasteiger partial charge in [0.1, 0.15) is 11.6 Å². The Kier molecular flexibility index (Phi) is 4.16. The first-order chi connectivity index (χ1) is 11.0. The van der Waals surface area contributed by atoms with E-state index in [0.717, 1.165) is 22.7 Å². The molecule has 1 aromatic carbocycles. The minimum absolute atomic E-state index is 0.312. The highest BCUT2D eigenvalue weighted by atomic mass is 32.2. The molecule has 0 fully saturated rings. The summed E-state index contributed by atoms with van der Waals surface area (Å²) in [5.41, 5.74) is 1.89. The lowest BCUT2D eigenvalue weighted by molar-refractivity contribution is 0.518. The molecule has 0 aliphatic heterocycles. The SMILES string of the molecule is CS(=O)(=O)c1ccc(-c2ccnc(NCc3ccco3)c2)cc1. The number of pyridine rings is 1. The van der Waals surface area contributed by atoms with E-state index in [1.165, 1.54) is 6.26 Å². The highest BCUT2D eigenvalue weighted by Gasteiger charge is 2.07. The number of hydrogen-bond acceptors (Lipinski definition) is 5. The average Bonchev–Trinajstić information content (AvgIpc) is 3.06. The molecule has 2 aromatic heterocycles. The lowest BCUT2D eigenvalue weighted by Gasteiger charge is -2.07. The predicted octanol–water partition coefficient (Wildman–Crippen LogP) is 3.36. The molecule has 0 amide bonds. The first kappa shape index (κ1) is 15.3. The zero-order valence-electron chi connectivity index (χ0n) is 12.6. The van der Waals surface area contributed by atoms with Crippen molar-refractivity contribution in [3.8, 4) is 11.1 Å². The molecule has 0 bridgehead atoms. The van der Waals surface area contributed by atoms with Gasteiger partial charge in [0, 0.05) is 12.5 Å². The smallest absolute Gasteiger partial charge is 0.175 e. The fraction of sp³-hybridized carbons (Fsp3) is 0.118. The molecule has 0 unspecified atom stereocenters. The lowest BCUT2D eigenvalue weighted by atomic mass is 10.1. The number of anilines is 1. The zero-order valence-corrected chi connectivity index (χ0v) is 13.4. The third kappa shape index (κ3) is 3.78. The summed E-state index contributed by atoms with van der Waals surface area (Å²) >= 11 is 0. The molecule has 1 N–H and O–H groups in total. The molecule has 5 nitrogen and oxygen atoms in total. The van der Waals surface area contributed by atoms with Crippen molar-refractivity contribution < 1.29 is 12.8 Å². The Balaban J connectivity index is 1.79. The molecule has 0 spiro atoms. The highest BCUT2D eigenvalue weighted by molar-refractivity contribution is 7.90. The topological polar surface area (TPSA) is 72.2 Å². The number of rotatable bonds is 5. The number of aromatic nitrogens is 1. The second-order valence-electron chi connectivity index (χ2n) is 5.16. The molecule has 3 aromatic rings. The van der Waals surface area contributed by atoms with E-state index < -0.39 is 9.84 Å². The van der Waals surface area contributed by atoms with Gasteiger partial charge in [-0.3, -0.25) is 0 Å². The molecule has 0 aliphatic rings. The van der Waals surface area contributed by atoms with Crippen LogP contribution in [0, 0.1) is 0 Å². The summed E-state index contributed by atoms with van der Waals surface area (Å²) in [6.45, 7) is 0.552. The molecule has 118 valence electrons. The number of nitrogens with zero attached hydrogens (tertiary/aromatic N) is 1. The third-order valence-corrected chi connectivity index (χ3v) is 4.53. The van der Waals surface area contributed by atoms with Crippen LogP contribution in [0.25, 0.3) is 11.1 Å². The maximum absolute atomic E-state index is 11.5. The van der Waals surface area contributed by atoms with Crippen molar-refractivity contribution in [2.45, 2.75) is 11.4 Å². The van der Waals surface area contributed by atoms with Crippen LogP contribution in [0.5, 0.6) is 0 Å². The van der Waals surface area contributed by atoms with Crippen molar-refractivity contribution in [1.29, 1.82) is 0 Å². The number of hydrogen-bond donors (Lipinski definition) is 1. The van der Waals surface area contributed by atoms with Crippen LogP contribution >= 0.6 is 0 Å². The molecule has 6 heteroatoms. The molecule has 0 saturated carbocycles. The molecular weight excluding hydrogens is 312 g/mol. The maximum atomic E-state index is 11.5.